The summed E-state index contributed by atoms with van der Waals surface area (Å²) in [4.78, 5) is 12.3. The van der Waals surface area contributed by atoms with E-state index in [0.29, 0.717) is 28.0 Å². The number of nitrogens with zero attached hydrogens (tertiary/aromatic N) is 2. The molecule has 1 N–H and O–H groups in total. The molecule has 0 radical (unpaired) electrons. The quantitative estimate of drug-likeness (QED) is 0.679. The van der Waals surface area contributed by atoms with Crippen LogP contribution in [0.1, 0.15) is 28.4 Å². The molecule has 0 bridgehead atoms. The Bertz CT molecular complexity index is 868. The molecule has 25 heavy (non-hydrogen) atoms. The number of hydrogen-bond donors (Lipinski definition) is 1. The van der Waals surface area contributed by atoms with Gasteiger partial charge in [-0.1, -0.05) is 48.3 Å². The molecule has 0 spiro atoms. The third-order valence-electron chi connectivity index (χ3n) is 3.89. The molecular formula is C19H17Cl2N3O. The number of aryl methyl sites for hydroxylation is 1. The minimum absolute atomic E-state index is 0.191. The Labute approximate surface area is 156 Å². The average Bonchev–Trinajstić information content (AvgIpc) is 3.05. The second-order valence-electron chi connectivity index (χ2n) is 5.60. The molecule has 0 aliphatic carbocycles. The van der Waals surface area contributed by atoms with Gasteiger partial charge in [-0.2, -0.15) is 5.10 Å². The maximum absolute atomic E-state index is 12.3. The first-order chi connectivity index (χ1) is 12.1. The largest absolute Gasteiger partial charge is 0.305 e. The Morgan fingerprint density at radius 2 is 1.76 bits per heavy atom. The highest BCUT2D eigenvalue weighted by Crippen LogP contribution is 2.25. The summed E-state index contributed by atoms with van der Waals surface area (Å²) < 4.78 is 1.68. The molecule has 1 heterocycles. The van der Waals surface area contributed by atoms with Crippen molar-refractivity contribution in [1.29, 1.82) is 0 Å². The summed E-state index contributed by atoms with van der Waals surface area (Å²) in [6.07, 6.45) is 2.71. The Kier molecular flexibility index (Phi) is 5.41. The molecule has 3 aromatic rings. The van der Waals surface area contributed by atoms with Crippen molar-refractivity contribution in [2.75, 3.05) is 5.32 Å². The maximum Gasteiger partial charge on any atom is 0.256 e. The molecule has 3 rings (SSSR count). The number of carbonyl (C=O) groups excluding carboxylic acids is 1. The van der Waals surface area contributed by atoms with Crippen LogP contribution in [0, 0.1) is 0 Å². The number of halogens is 2. The van der Waals surface area contributed by atoms with Gasteiger partial charge >= 0.3 is 0 Å². The minimum atomic E-state index is -0.191. The van der Waals surface area contributed by atoms with Crippen LogP contribution in [0.2, 0.25) is 10.0 Å². The van der Waals surface area contributed by atoms with E-state index in [1.54, 1.807) is 35.1 Å². The van der Waals surface area contributed by atoms with Crippen molar-refractivity contribution in [1.82, 2.24) is 9.78 Å². The van der Waals surface area contributed by atoms with Crippen molar-refractivity contribution in [3.63, 3.8) is 0 Å². The number of aromatic nitrogens is 2. The van der Waals surface area contributed by atoms with Gasteiger partial charge in [-0.05, 0) is 36.2 Å². The maximum atomic E-state index is 12.3. The van der Waals surface area contributed by atoms with Crippen LogP contribution in [-0.4, -0.2) is 15.7 Å². The van der Waals surface area contributed by atoms with Crippen molar-refractivity contribution in [2.45, 2.75) is 19.9 Å². The van der Waals surface area contributed by atoms with Crippen LogP contribution in [-0.2, 0) is 13.0 Å². The van der Waals surface area contributed by atoms with Crippen molar-refractivity contribution >= 4 is 34.9 Å². The summed E-state index contributed by atoms with van der Waals surface area (Å²) in [6, 6.07) is 14.6. The molecule has 0 aliphatic rings. The Balaban J connectivity index is 1.70. The normalized spacial score (nSPS) is 10.7. The predicted molar refractivity (Wildman–Crippen MR) is 102 cm³/mol. The highest BCUT2D eigenvalue weighted by molar-refractivity contribution is 6.35. The molecular weight excluding hydrogens is 357 g/mol. The van der Waals surface area contributed by atoms with E-state index in [9.17, 15) is 4.79 Å². The average molecular weight is 374 g/mol. The van der Waals surface area contributed by atoms with Gasteiger partial charge in [0.05, 0.1) is 6.54 Å². The molecule has 2 aromatic carbocycles. The molecule has 0 unspecified atom stereocenters. The first-order valence-electron chi connectivity index (χ1n) is 7.93. The Hall–Kier alpha value is -2.30. The number of nitrogens with one attached hydrogen (secondary N) is 1. The zero-order valence-corrected chi connectivity index (χ0v) is 15.2. The second kappa shape index (κ2) is 7.72. The Morgan fingerprint density at radius 3 is 2.40 bits per heavy atom. The standard InChI is InChI=1S/C19H17Cl2N3O/c1-2-13-6-8-14(9-7-13)19(25)22-18-10-11-24(23-18)12-15-16(20)4-3-5-17(15)21/h3-11H,2,12H2,1H3,(H,22,23,25). The number of hydrogen-bond acceptors (Lipinski definition) is 2. The molecule has 0 atom stereocenters. The highest BCUT2D eigenvalue weighted by atomic mass is 35.5. The fourth-order valence-electron chi connectivity index (χ4n) is 2.44. The first-order valence-corrected chi connectivity index (χ1v) is 8.69. The summed E-state index contributed by atoms with van der Waals surface area (Å²) in [7, 11) is 0. The van der Waals surface area contributed by atoms with Crippen molar-refractivity contribution < 1.29 is 4.79 Å². The number of carbonyl (C=O) groups is 1. The molecule has 0 aliphatic heterocycles. The topological polar surface area (TPSA) is 46.9 Å². The smallest absolute Gasteiger partial charge is 0.256 e. The van der Waals surface area contributed by atoms with Gasteiger partial charge < -0.3 is 5.32 Å². The molecule has 1 aromatic heterocycles. The lowest BCUT2D eigenvalue weighted by Crippen LogP contribution is -2.13. The lowest BCUT2D eigenvalue weighted by atomic mass is 10.1. The molecule has 1 amide bonds. The van der Waals surface area contributed by atoms with Gasteiger partial charge in [0.15, 0.2) is 5.82 Å². The number of rotatable bonds is 5. The van der Waals surface area contributed by atoms with Gasteiger partial charge in [-0.15, -0.1) is 0 Å². The van der Waals surface area contributed by atoms with Crippen LogP contribution in [0.3, 0.4) is 0 Å². The van der Waals surface area contributed by atoms with Crippen molar-refractivity contribution in [3.8, 4) is 0 Å². The minimum Gasteiger partial charge on any atom is -0.305 e. The third kappa shape index (κ3) is 4.21. The first kappa shape index (κ1) is 17.5. The van der Waals surface area contributed by atoms with Crippen molar-refractivity contribution in [2.24, 2.45) is 0 Å². The zero-order valence-electron chi connectivity index (χ0n) is 13.7. The van der Waals surface area contributed by atoms with Gasteiger partial charge in [-0.3, -0.25) is 9.48 Å². The molecule has 0 saturated heterocycles. The van der Waals surface area contributed by atoms with Gasteiger partial charge in [0.1, 0.15) is 0 Å². The van der Waals surface area contributed by atoms with E-state index in [-0.39, 0.29) is 5.91 Å². The van der Waals surface area contributed by atoms with E-state index in [1.165, 1.54) is 5.56 Å². The van der Waals surface area contributed by atoms with Crippen molar-refractivity contribution in [3.05, 3.63) is 81.5 Å². The monoisotopic (exact) mass is 373 g/mol. The van der Waals surface area contributed by atoms with Crippen LogP contribution in [0.4, 0.5) is 5.82 Å². The van der Waals surface area contributed by atoms with E-state index < -0.39 is 0 Å². The van der Waals surface area contributed by atoms with Crippen LogP contribution in [0.15, 0.2) is 54.7 Å². The third-order valence-corrected chi connectivity index (χ3v) is 4.60. The number of anilines is 1. The van der Waals surface area contributed by atoms with Gasteiger partial charge in [0.2, 0.25) is 0 Å². The molecule has 0 fully saturated rings. The van der Waals surface area contributed by atoms with E-state index in [4.69, 9.17) is 23.2 Å². The summed E-state index contributed by atoms with van der Waals surface area (Å²) in [6.45, 7) is 2.51. The number of benzene rings is 2. The van der Waals surface area contributed by atoms with Crippen LogP contribution < -0.4 is 5.32 Å². The fourth-order valence-corrected chi connectivity index (χ4v) is 2.96. The lowest BCUT2D eigenvalue weighted by molar-refractivity contribution is 0.102. The van der Waals surface area contributed by atoms with Crippen LogP contribution >= 0.6 is 23.2 Å². The zero-order chi connectivity index (χ0) is 17.8. The second-order valence-corrected chi connectivity index (χ2v) is 6.42. The molecule has 4 nitrogen and oxygen atoms in total. The summed E-state index contributed by atoms with van der Waals surface area (Å²) in [5, 5.41) is 8.32. The van der Waals surface area contributed by atoms with Crippen LogP contribution in [0.25, 0.3) is 0 Å². The molecule has 128 valence electrons. The summed E-state index contributed by atoms with van der Waals surface area (Å²) >= 11 is 12.4. The Morgan fingerprint density at radius 1 is 1.08 bits per heavy atom. The predicted octanol–water partition coefficient (Wildman–Crippen LogP) is 5.05. The SMILES string of the molecule is CCc1ccc(C(=O)Nc2ccn(Cc3c(Cl)cccc3Cl)n2)cc1. The van der Waals surface area contributed by atoms with E-state index in [2.05, 4.69) is 17.3 Å². The number of amides is 1. The lowest BCUT2D eigenvalue weighted by Gasteiger charge is -2.07. The van der Waals surface area contributed by atoms with Gasteiger partial charge in [0.25, 0.3) is 5.91 Å². The van der Waals surface area contributed by atoms with Crippen LogP contribution in [0.5, 0.6) is 0 Å². The molecule has 0 saturated carbocycles. The van der Waals surface area contributed by atoms with Gasteiger partial charge in [-0.25, -0.2) is 0 Å². The van der Waals surface area contributed by atoms with E-state index in [0.717, 1.165) is 12.0 Å². The summed E-state index contributed by atoms with van der Waals surface area (Å²) in [5.41, 5.74) is 2.58. The van der Waals surface area contributed by atoms with E-state index in [1.807, 2.05) is 24.3 Å². The summed E-state index contributed by atoms with van der Waals surface area (Å²) in [5.74, 6) is 0.288. The highest BCUT2D eigenvalue weighted by Gasteiger charge is 2.10. The van der Waals surface area contributed by atoms with Gasteiger partial charge in [0, 0.05) is 33.4 Å². The molecule has 6 heteroatoms. The fraction of sp³-hybridized carbons (Fsp3) is 0.158. The van der Waals surface area contributed by atoms with E-state index >= 15 is 0 Å².